The van der Waals surface area contributed by atoms with Crippen molar-refractivity contribution in [2.45, 2.75) is 26.2 Å². The Morgan fingerprint density at radius 3 is 2.42 bits per heavy atom. The summed E-state index contributed by atoms with van der Waals surface area (Å²) in [7, 11) is 1.88. The molecule has 2 aliphatic heterocycles. The van der Waals surface area contributed by atoms with Crippen molar-refractivity contribution in [2.24, 2.45) is 5.41 Å². The van der Waals surface area contributed by atoms with Crippen molar-refractivity contribution in [3.05, 3.63) is 40.1 Å². The van der Waals surface area contributed by atoms with E-state index in [4.69, 9.17) is 4.42 Å². The molecular formula is C19H22N2O3. The molecule has 0 aliphatic carbocycles. The highest BCUT2D eigenvalue weighted by Gasteiger charge is 2.47. The van der Waals surface area contributed by atoms with Crippen LogP contribution in [0.5, 0.6) is 0 Å². The van der Waals surface area contributed by atoms with Crippen molar-refractivity contribution in [2.75, 3.05) is 31.6 Å². The molecule has 0 N–H and O–H groups in total. The SMILES string of the molecule is Cc1ccc2oc(N3CCC4(CCN(C)C4=O)CC3)cc(=O)c2c1. The second-order valence-electron chi connectivity index (χ2n) is 7.19. The standard InChI is InChI=1S/C19H22N2O3/c1-13-3-4-16-14(11-13)15(22)12-17(24-16)21-9-6-19(7-10-21)5-8-20(2)18(19)23/h3-4,11-12H,5-10H2,1-2H3. The third-order valence-electron chi connectivity index (χ3n) is 5.63. The Morgan fingerprint density at radius 2 is 1.75 bits per heavy atom. The van der Waals surface area contributed by atoms with Gasteiger partial charge in [0.2, 0.25) is 5.91 Å². The van der Waals surface area contributed by atoms with E-state index in [1.807, 2.05) is 37.1 Å². The van der Waals surface area contributed by atoms with Crippen LogP contribution in [-0.4, -0.2) is 37.5 Å². The van der Waals surface area contributed by atoms with E-state index in [0.29, 0.717) is 16.9 Å². The molecule has 126 valence electrons. The molecule has 0 atom stereocenters. The van der Waals surface area contributed by atoms with Crippen LogP contribution in [0.1, 0.15) is 24.8 Å². The van der Waals surface area contributed by atoms with Gasteiger partial charge in [-0.05, 0) is 38.3 Å². The molecule has 1 aromatic heterocycles. The molecule has 0 bridgehead atoms. The number of piperidine rings is 1. The van der Waals surface area contributed by atoms with Crippen molar-refractivity contribution in [3.63, 3.8) is 0 Å². The number of amides is 1. The van der Waals surface area contributed by atoms with Crippen molar-refractivity contribution in [1.29, 1.82) is 0 Å². The average molecular weight is 326 g/mol. The van der Waals surface area contributed by atoms with Crippen LogP contribution in [0.25, 0.3) is 11.0 Å². The Labute approximate surface area is 140 Å². The van der Waals surface area contributed by atoms with Crippen molar-refractivity contribution in [1.82, 2.24) is 4.90 Å². The van der Waals surface area contributed by atoms with E-state index in [-0.39, 0.29) is 16.8 Å². The molecule has 1 aromatic carbocycles. The lowest BCUT2D eigenvalue weighted by Crippen LogP contribution is -2.44. The summed E-state index contributed by atoms with van der Waals surface area (Å²) < 4.78 is 5.97. The first-order valence-electron chi connectivity index (χ1n) is 8.54. The third-order valence-corrected chi connectivity index (χ3v) is 5.63. The molecule has 2 fully saturated rings. The number of aryl methyl sites for hydroxylation is 1. The molecule has 5 nitrogen and oxygen atoms in total. The molecule has 0 radical (unpaired) electrons. The van der Waals surface area contributed by atoms with Crippen LogP contribution in [0.4, 0.5) is 5.88 Å². The van der Waals surface area contributed by atoms with Crippen LogP contribution in [0.15, 0.2) is 33.5 Å². The van der Waals surface area contributed by atoms with Crippen molar-refractivity contribution >= 4 is 22.8 Å². The van der Waals surface area contributed by atoms with Crippen LogP contribution >= 0.6 is 0 Å². The third kappa shape index (κ3) is 2.30. The Bertz CT molecular complexity index is 863. The smallest absolute Gasteiger partial charge is 0.228 e. The minimum atomic E-state index is -0.195. The highest BCUT2D eigenvalue weighted by Crippen LogP contribution is 2.41. The molecule has 1 spiro atoms. The normalized spacial score (nSPS) is 20.3. The van der Waals surface area contributed by atoms with Gasteiger partial charge in [0.15, 0.2) is 11.3 Å². The van der Waals surface area contributed by atoms with Gasteiger partial charge in [0.25, 0.3) is 0 Å². The zero-order valence-electron chi connectivity index (χ0n) is 14.2. The van der Waals surface area contributed by atoms with Gasteiger partial charge in [-0.1, -0.05) is 11.6 Å². The van der Waals surface area contributed by atoms with E-state index >= 15 is 0 Å². The van der Waals surface area contributed by atoms with Gasteiger partial charge in [-0.3, -0.25) is 9.59 Å². The Kier molecular flexibility index (Phi) is 3.41. The van der Waals surface area contributed by atoms with Gasteiger partial charge in [0.1, 0.15) is 5.58 Å². The molecule has 1 amide bonds. The van der Waals surface area contributed by atoms with E-state index in [0.717, 1.165) is 44.5 Å². The summed E-state index contributed by atoms with van der Waals surface area (Å²) in [5, 5.41) is 0.625. The van der Waals surface area contributed by atoms with Crippen LogP contribution in [0, 0.1) is 12.3 Å². The molecule has 2 aliphatic rings. The number of benzene rings is 1. The lowest BCUT2D eigenvalue weighted by Gasteiger charge is -2.37. The molecule has 2 saturated heterocycles. The van der Waals surface area contributed by atoms with Gasteiger partial charge >= 0.3 is 0 Å². The Balaban J connectivity index is 1.60. The number of hydrogen-bond acceptors (Lipinski definition) is 4. The Morgan fingerprint density at radius 1 is 1.04 bits per heavy atom. The van der Waals surface area contributed by atoms with Gasteiger partial charge < -0.3 is 14.2 Å². The second kappa shape index (κ2) is 5.36. The predicted molar refractivity (Wildman–Crippen MR) is 93.4 cm³/mol. The summed E-state index contributed by atoms with van der Waals surface area (Å²) >= 11 is 0. The number of anilines is 1. The first-order chi connectivity index (χ1) is 11.5. The van der Waals surface area contributed by atoms with E-state index in [2.05, 4.69) is 4.90 Å². The molecule has 5 heteroatoms. The number of fused-ring (bicyclic) bond motifs is 1. The quantitative estimate of drug-likeness (QED) is 0.808. The minimum absolute atomic E-state index is 0.00749. The molecule has 4 rings (SSSR count). The largest absolute Gasteiger partial charge is 0.440 e. The average Bonchev–Trinajstić information content (AvgIpc) is 2.85. The summed E-state index contributed by atoms with van der Waals surface area (Å²) in [6, 6.07) is 7.26. The molecule has 0 saturated carbocycles. The minimum Gasteiger partial charge on any atom is -0.440 e. The molecular weight excluding hydrogens is 304 g/mol. The number of carbonyl (C=O) groups excluding carboxylic acids is 1. The van der Waals surface area contributed by atoms with Gasteiger partial charge in [-0.25, -0.2) is 0 Å². The van der Waals surface area contributed by atoms with Crippen LogP contribution < -0.4 is 10.3 Å². The maximum atomic E-state index is 12.4. The number of carbonyl (C=O) groups is 1. The monoisotopic (exact) mass is 326 g/mol. The maximum Gasteiger partial charge on any atom is 0.228 e. The molecule has 0 unspecified atom stereocenters. The van der Waals surface area contributed by atoms with Crippen LogP contribution in [0.2, 0.25) is 0 Å². The topological polar surface area (TPSA) is 53.8 Å². The number of hydrogen-bond donors (Lipinski definition) is 0. The first-order valence-corrected chi connectivity index (χ1v) is 8.54. The lowest BCUT2D eigenvalue weighted by atomic mass is 9.77. The highest BCUT2D eigenvalue weighted by atomic mass is 16.4. The fraction of sp³-hybridized carbons (Fsp3) is 0.474. The second-order valence-corrected chi connectivity index (χ2v) is 7.19. The van der Waals surface area contributed by atoms with Gasteiger partial charge in [-0.15, -0.1) is 0 Å². The van der Waals surface area contributed by atoms with Gasteiger partial charge in [-0.2, -0.15) is 0 Å². The summed E-state index contributed by atoms with van der Waals surface area (Å²) in [4.78, 5) is 28.7. The van der Waals surface area contributed by atoms with E-state index in [1.54, 1.807) is 6.07 Å². The molecule has 2 aromatic rings. The van der Waals surface area contributed by atoms with Gasteiger partial charge in [0.05, 0.1) is 10.8 Å². The lowest BCUT2D eigenvalue weighted by molar-refractivity contribution is -0.135. The maximum absolute atomic E-state index is 12.4. The fourth-order valence-electron chi connectivity index (χ4n) is 4.03. The number of likely N-dealkylation sites (tertiary alicyclic amines) is 1. The van der Waals surface area contributed by atoms with Crippen molar-refractivity contribution in [3.8, 4) is 0 Å². The number of nitrogens with zero attached hydrogens (tertiary/aromatic N) is 2. The van der Waals surface area contributed by atoms with Crippen LogP contribution in [0.3, 0.4) is 0 Å². The van der Waals surface area contributed by atoms with Gasteiger partial charge in [0, 0.05) is 32.7 Å². The predicted octanol–water partition coefficient (Wildman–Crippen LogP) is 2.55. The van der Waals surface area contributed by atoms with Crippen LogP contribution in [-0.2, 0) is 4.79 Å². The zero-order chi connectivity index (χ0) is 16.9. The van der Waals surface area contributed by atoms with E-state index in [1.165, 1.54) is 0 Å². The molecule has 3 heterocycles. The zero-order valence-corrected chi connectivity index (χ0v) is 14.2. The fourth-order valence-corrected chi connectivity index (χ4v) is 4.03. The van der Waals surface area contributed by atoms with E-state index in [9.17, 15) is 9.59 Å². The summed E-state index contributed by atoms with van der Waals surface area (Å²) in [6.45, 7) is 4.32. The first kappa shape index (κ1) is 15.2. The Hall–Kier alpha value is -2.30. The summed E-state index contributed by atoms with van der Waals surface area (Å²) in [6.07, 6.45) is 2.59. The summed E-state index contributed by atoms with van der Waals surface area (Å²) in [5.41, 5.74) is 1.47. The van der Waals surface area contributed by atoms with Crippen molar-refractivity contribution < 1.29 is 9.21 Å². The molecule has 24 heavy (non-hydrogen) atoms. The van der Waals surface area contributed by atoms with E-state index < -0.39 is 0 Å². The highest BCUT2D eigenvalue weighted by molar-refractivity contribution is 5.85. The number of rotatable bonds is 1. The summed E-state index contributed by atoms with van der Waals surface area (Å²) in [5.74, 6) is 0.891.